The lowest BCUT2D eigenvalue weighted by Crippen LogP contribution is -2.47. The first-order valence-corrected chi connectivity index (χ1v) is 7.70. The first-order valence-electron chi connectivity index (χ1n) is 7.70. The number of halogens is 2. The summed E-state index contributed by atoms with van der Waals surface area (Å²) in [6.45, 7) is 4.55. The maximum Gasteiger partial charge on any atom is 0.338 e. The number of nitrogens with zero attached hydrogens (tertiary/aromatic N) is 1. The molecule has 1 atom stereocenters. The predicted molar refractivity (Wildman–Crippen MR) is 93.5 cm³/mol. The number of hydrogen-bond donors (Lipinski definition) is 3. The Kier molecular flexibility index (Phi) is 6.56. The van der Waals surface area contributed by atoms with Crippen LogP contribution in [0.1, 0.15) is 0 Å². The van der Waals surface area contributed by atoms with Crippen molar-refractivity contribution in [2.75, 3.05) is 44.6 Å². The van der Waals surface area contributed by atoms with Crippen molar-refractivity contribution in [2.24, 2.45) is 0 Å². The summed E-state index contributed by atoms with van der Waals surface area (Å²) in [6, 6.07) is 5.36. The average Bonchev–Trinajstić information content (AvgIpc) is 2.53. The van der Waals surface area contributed by atoms with Gasteiger partial charge < -0.3 is 20.2 Å². The van der Waals surface area contributed by atoms with Crippen LogP contribution in [0.15, 0.2) is 33.5 Å². The minimum absolute atomic E-state index is 0. The number of nitrogens with one attached hydrogen (secondary N) is 2. The first kappa shape index (κ1) is 18.7. The Bertz CT molecular complexity index is 734. The molecule has 0 radical (unpaired) electrons. The van der Waals surface area contributed by atoms with Crippen molar-refractivity contribution < 1.29 is 13.9 Å². The first-order chi connectivity index (χ1) is 11.1. The molecule has 132 valence electrons. The number of aliphatic hydroxyl groups is 1. The van der Waals surface area contributed by atoms with Gasteiger partial charge in [-0.05, 0) is 12.1 Å². The lowest BCUT2D eigenvalue weighted by Gasteiger charge is -2.29. The third-order valence-corrected chi connectivity index (χ3v) is 3.91. The quantitative estimate of drug-likeness (QED) is 0.694. The SMILES string of the molecule is Cl.O=c1cc(NCC(O)CN2CCNCC2)c2ccc(F)cc2o1. The van der Waals surface area contributed by atoms with Crippen molar-refractivity contribution in [2.45, 2.75) is 6.10 Å². The van der Waals surface area contributed by atoms with E-state index in [4.69, 9.17) is 4.42 Å². The van der Waals surface area contributed by atoms with E-state index in [1.165, 1.54) is 18.2 Å². The fourth-order valence-corrected chi connectivity index (χ4v) is 2.77. The van der Waals surface area contributed by atoms with Gasteiger partial charge in [-0.3, -0.25) is 4.90 Å². The van der Waals surface area contributed by atoms with E-state index >= 15 is 0 Å². The largest absolute Gasteiger partial charge is 0.422 e. The van der Waals surface area contributed by atoms with E-state index < -0.39 is 17.5 Å². The number of benzene rings is 1. The number of rotatable bonds is 5. The second-order valence-electron chi connectivity index (χ2n) is 5.70. The van der Waals surface area contributed by atoms with Gasteiger partial charge in [-0.1, -0.05) is 0 Å². The zero-order valence-electron chi connectivity index (χ0n) is 13.1. The highest BCUT2D eigenvalue weighted by Gasteiger charge is 2.15. The number of hydrogen-bond acceptors (Lipinski definition) is 6. The van der Waals surface area contributed by atoms with Crippen LogP contribution in [-0.4, -0.2) is 55.4 Å². The molecule has 3 N–H and O–H groups in total. The summed E-state index contributed by atoms with van der Waals surface area (Å²) < 4.78 is 18.2. The van der Waals surface area contributed by atoms with Gasteiger partial charge in [0.1, 0.15) is 11.4 Å². The Hall–Kier alpha value is -1.67. The van der Waals surface area contributed by atoms with Crippen molar-refractivity contribution in [1.82, 2.24) is 10.2 Å². The fourth-order valence-electron chi connectivity index (χ4n) is 2.77. The molecule has 8 heteroatoms. The van der Waals surface area contributed by atoms with Crippen LogP contribution in [0.25, 0.3) is 11.0 Å². The Morgan fingerprint density at radius 1 is 1.33 bits per heavy atom. The summed E-state index contributed by atoms with van der Waals surface area (Å²) in [5, 5.41) is 17.1. The van der Waals surface area contributed by atoms with Gasteiger partial charge in [0.05, 0.1) is 11.8 Å². The van der Waals surface area contributed by atoms with Gasteiger partial charge in [-0.15, -0.1) is 12.4 Å². The normalized spacial score (nSPS) is 16.6. The molecular weight excluding hydrogens is 337 g/mol. The summed E-state index contributed by atoms with van der Waals surface area (Å²) in [7, 11) is 0. The molecule has 1 aromatic heterocycles. The van der Waals surface area contributed by atoms with Gasteiger partial charge in [0, 0.05) is 56.8 Å². The molecule has 0 bridgehead atoms. The van der Waals surface area contributed by atoms with E-state index in [0.29, 0.717) is 24.2 Å². The second-order valence-corrected chi connectivity index (χ2v) is 5.70. The molecule has 1 aliphatic rings. The van der Waals surface area contributed by atoms with Crippen LogP contribution in [0.5, 0.6) is 0 Å². The highest BCUT2D eigenvalue weighted by Crippen LogP contribution is 2.22. The molecule has 1 aliphatic heterocycles. The fraction of sp³-hybridized carbons (Fsp3) is 0.438. The molecule has 0 aliphatic carbocycles. The molecule has 24 heavy (non-hydrogen) atoms. The standard InChI is InChI=1S/C16H20FN3O3.ClH/c17-11-1-2-13-14(8-16(22)23-15(13)7-11)19-9-12(21)10-20-5-3-18-4-6-20;/h1-2,7-8,12,18-19,21H,3-6,9-10H2;1H. The highest BCUT2D eigenvalue weighted by molar-refractivity contribution is 5.89. The van der Waals surface area contributed by atoms with E-state index in [9.17, 15) is 14.3 Å². The molecule has 2 aromatic rings. The van der Waals surface area contributed by atoms with Gasteiger partial charge in [0.25, 0.3) is 0 Å². The molecule has 2 heterocycles. The minimum Gasteiger partial charge on any atom is -0.422 e. The smallest absolute Gasteiger partial charge is 0.338 e. The summed E-state index contributed by atoms with van der Waals surface area (Å²) in [5.74, 6) is -0.462. The van der Waals surface area contributed by atoms with E-state index in [1.807, 2.05) is 0 Å². The third-order valence-electron chi connectivity index (χ3n) is 3.91. The average molecular weight is 358 g/mol. The van der Waals surface area contributed by atoms with Crippen molar-refractivity contribution in [3.8, 4) is 0 Å². The zero-order valence-corrected chi connectivity index (χ0v) is 13.9. The van der Waals surface area contributed by atoms with Crippen LogP contribution >= 0.6 is 12.4 Å². The topological polar surface area (TPSA) is 77.7 Å². The Labute approximate surface area is 145 Å². The van der Waals surface area contributed by atoms with Crippen LogP contribution < -0.4 is 16.3 Å². The number of aliphatic hydroxyl groups excluding tert-OH is 1. The van der Waals surface area contributed by atoms with Gasteiger partial charge in [-0.25, -0.2) is 9.18 Å². The van der Waals surface area contributed by atoms with Crippen molar-refractivity contribution in [3.05, 3.63) is 40.5 Å². The molecular formula is C16H21ClFN3O3. The van der Waals surface area contributed by atoms with Crippen molar-refractivity contribution in [3.63, 3.8) is 0 Å². The summed E-state index contributed by atoms with van der Waals surface area (Å²) in [4.78, 5) is 13.8. The summed E-state index contributed by atoms with van der Waals surface area (Å²) in [5.41, 5.74) is 0.175. The molecule has 3 rings (SSSR count). The van der Waals surface area contributed by atoms with E-state index in [0.717, 1.165) is 26.2 Å². The molecule has 1 aromatic carbocycles. The molecule has 1 saturated heterocycles. The third kappa shape index (κ3) is 4.67. The molecule has 0 saturated carbocycles. The van der Waals surface area contributed by atoms with Gasteiger partial charge in [-0.2, -0.15) is 0 Å². The van der Waals surface area contributed by atoms with E-state index in [1.54, 1.807) is 6.07 Å². The molecule has 6 nitrogen and oxygen atoms in total. The van der Waals surface area contributed by atoms with Crippen LogP contribution in [-0.2, 0) is 0 Å². The summed E-state index contributed by atoms with van der Waals surface area (Å²) in [6.07, 6.45) is -0.559. The second kappa shape index (κ2) is 8.43. The maximum absolute atomic E-state index is 13.2. The van der Waals surface area contributed by atoms with Crippen LogP contribution in [0.3, 0.4) is 0 Å². The van der Waals surface area contributed by atoms with Gasteiger partial charge >= 0.3 is 5.63 Å². The summed E-state index contributed by atoms with van der Waals surface area (Å²) >= 11 is 0. The number of anilines is 1. The minimum atomic E-state index is -0.559. The van der Waals surface area contributed by atoms with Gasteiger partial charge in [0.15, 0.2) is 0 Å². The maximum atomic E-state index is 13.2. The van der Waals surface area contributed by atoms with E-state index in [-0.39, 0.29) is 18.0 Å². The lowest BCUT2D eigenvalue weighted by molar-refractivity contribution is 0.114. The Morgan fingerprint density at radius 3 is 2.83 bits per heavy atom. The van der Waals surface area contributed by atoms with E-state index in [2.05, 4.69) is 15.5 Å². The Morgan fingerprint density at radius 2 is 2.08 bits per heavy atom. The van der Waals surface area contributed by atoms with Crippen LogP contribution in [0, 0.1) is 5.82 Å². The predicted octanol–water partition coefficient (Wildman–Crippen LogP) is 1.03. The molecule has 1 fully saturated rings. The number of β-amino-alcohol motifs (C(OH)–C–C–N with tert-alkyl or cyclic N) is 1. The van der Waals surface area contributed by atoms with Crippen molar-refractivity contribution in [1.29, 1.82) is 0 Å². The van der Waals surface area contributed by atoms with Crippen molar-refractivity contribution >= 4 is 29.1 Å². The molecule has 0 amide bonds. The highest BCUT2D eigenvalue weighted by atomic mass is 35.5. The lowest BCUT2D eigenvalue weighted by atomic mass is 10.2. The number of fused-ring (bicyclic) bond motifs is 1. The number of piperazine rings is 1. The zero-order chi connectivity index (χ0) is 16.2. The molecule has 1 unspecified atom stereocenters. The van der Waals surface area contributed by atoms with Crippen LogP contribution in [0.2, 0.25) is 0 Å². The monoisotopic (exact) mass is 357 g/mol. The Balaban J connectivity index is 0.00000208. The molecule has 0 spiro atoms. The van der Waals surface area contributed by atoms with Crippen LogP contribution in [0.4, 0.5) is 10.1 Å². The van der Waals surface area contributed by atoms with Gasteiger partial charge in [0.2, 0.25) is 0 Å².